The van der Waals surface area contributed by atoms with Crippen molar-refractivity contribution in [3.8, 4) is 11.1 Å². The molecule has 0 spiro atoms. The van der Waals surface area contributed by atoms with E-state index in [-0.39, 0.29) is 21.6 Å². The third-order valence-electron chi connectivity index (χ3n) is 7.38. The molecule has 3 atom stereocenters. The van der Waals surface area contributed by atoms with E-state index >= 15 is 4.39 Å². The zero-order valence-corrected chi connectivity index (χ0v) is 23.4. The minimum absolute atomic E-state index is 0.0587. The van der Waals surface area contributed by atoms with Crippen molar-refractivity contribution in [3.63, 3.8) is 0 Å². The van der Waals surface area contributed by atoms with Crippen molar-refractivity contribution in [2.24, 2.45) is 11.7 Å². The molecule has 0 saturated heterocycles. The molecule has 1 aliphatic rings. The highest BCUT2D eigenvalue weighted by Gasteiger charge is 2.25. The Labute approximate surface area is 233 Å². The predicted octanol–water partition coefficient (Wildman–Crippen LogP) is 6.38. The van der Waals surface area contributed by atoms with Crippen LogP contribution in [0.3, 0.4) is 0 Å². The predicted molar refractivity (Wildman–Crippen MR) is 155 cm³/mol. The first-order valence-electron chi connectivity index (χ1n) is 13.0. The number of hydrogen-bond donors (Lipinski definition) is 3. The highest BCUT2D eigenvalue weighted by molar-refractivity contribution is 7.92. The third-order valence-corrected chi connectivity index (χ3v) is 9.25. The Kier molecular flexibility index (Phi) is 7.75. The van der Waals surface area contributed by atoms with Gasteiger partial charge in [-0.3, -0.25) is 4.72 Å². The number of nitrogens with zero attached hydrogens (tertiary/aromatic N) is 2. The Morgan fingerprint density at radius 2 is 1.90 bits per heavy atom. The first kappa shape index (κ1) is 27.3. The topological polar surface area (TPSA) is 110 Å². The Balaban J connectivity index is 1.40. The average Bonchev–Trinajstić information content (AvgIpc) is 2.91. The minimum atomic E-state index is -4.05. The summed E-state index contributed by atoms with van der Waals surface area (Å²) < 4.78 is 42.9. The number of aryl methyl sites for hydroxylation is 1. The molecule has 0 radical (unpaired) electrons. The number of nitrogens with two attached hydrogens (primary N) is 1. The van der Waals surface area contributed by atoms with E-state index in [1.807, 2.05) is 19.1 Å². The number of sulfonamides is 1. The summed E-state index contributed by atoms with van der Waals surface area (Å²) in [6, 6.07) is 14.9. The fourth-order valence-electron chi connectivity index (χ4n) is 5.10. The quantitative estimate of drug-likeness (QED) is 0.239. The molecule has 1 aliphatic carbocycles. The monoisotopic (exact) mass is 567 g/mol. The SMILES string of the molecule is CCc1cc(-c2ccc(NS(=O)(=O)c3ccccc3Cl)c(F)c2)cc2cnc(N[C@H]3CC[C@H](N)[C@H](C)C3)nc12. The van der Waals surface area contributed by atoms with Gasteiger partial charge < -0.3 is 11.1 Å². The Bertz CT molecular complexity index is 1630. The van der Waals surface area contributed by atoms with Gasteiger partial charge in [-0.25, -0.2) is 22.8 Å². The van der Waals surface area contributed by atoms with Crippen molar-refractivity contribution in [2.45, 2.75) is 56.5 Å². The Morgan fingerprint density at radius 1 is 1.10 bits per heavy atom. The average molecular weight is 568 g/mol. The lowest BCUT2D eigenvalue weighted by Crippen LogP contribution is -2.39. The smallest absolute Gasteiger partial charge is 0.263 e. The Hall–Kier alpha value is -3.27. The highest BCUT2D eigenvalue weighted by Crippen LogP contribution is 2.32. The Morgan fingerprint density at radius 3 is 2.62 bits per heavy atom. The molecular formula is C29H31ClFN5O2S. The lowest BCUT2D eigenvalue weighted by molar-refractivity contribution is 0.310. The van der Waals surface area contributed by atoms with Gasteiger partial charge in [-0.2, -0.15) is 0 Å². The van der Waals surface area contributed by atoms with E-state index in [0.29, 0.717) is 23.5 Å². The lowest BCUT2D eigenvalue weighted by Gasteiger charge is -2.32. The maximum atomic E-state index is 15.1. The van der Waals surface area contributed by atoms with Crippen LogP contribution in [-0.4, -0.2) is 30.5 Å². The second-order valence-electron chi connectivity index (χ2n) is 10.1. The summed E-state index contributed by atoms with van der Waals surface area (Å²) >= 11 is 6.03. The summed E-state index contributed by atoms with van der Waals surface area (Å²) in [6.45, 7) is 4.23. The number of hydrogen-bond acceptors (Lipinski definition) is 6. The van der Waals surface area contributed by atoms with Crippen LogP contribution >= 0.6 is 11.6 Å². The second-order valence-corrected chi connectivity index (χ2v) is 12.2. The van der Waals surface area contributed by atoms with Gasteiger partial charge in [-0.1, -0.05) is 43.6 Å². The van der Waals surface area contributed by atoms with Gasteiger partial charge in [0.2, 0.25) is 5.95 Å². The zero-order chi connectivity index (χ0) is 27.7. The van der Waals surface area contributed by atoms with Crippen molar-refractivity contribution in [1.82, 2.24) is 9.97 Å². The molecule has 1 saturated carbocycles. The molecule has 0 bridgehead atoms. The van der Waals surface area contributed by atoms with Crippen LogP contribution in [-0.2, 0) is 16.4 Å². The van der Waals surface area contributed by atoms with Gasteiger partial charge in [0.15, 0.2) is 0 Å². The van der Waals surface area contributed by atoms with Crippen LogP contribution in [0.15, 0.2) is 65.7 Å². The largest absolute Gasteiger partial charge is 0.351 e. The lowest BCUT2D eigenvalue weighted by atomic mass is 9.83. The molecular weight excluding hydrogens is 537 g/mol. The minimum Gasteiger partial charge on any atom is -0.351 e. The summed E-state index contributed by atoms with van der Waals surface area (Å²) in [5.74, 6) is 0.348. The molecule has 204 valence electrons. The van der Waals surface area contributed by atoms with E-state index in [1.165, 1.54) is 24.3 Å². The number of nitrogens with one attached hydrogen (secondary N) is 2. The summed E-state index contributed by atoms with van der Waals surface area (Å²) in [6.07, 6.45) is 5.47. The van der Waals surface area contributed by atoms with Gasteiger partial charge in [0, 0.05) is 23.7 Å². The van der Waals surface area contributed by atoms with Gasteiger partial charge in [0.05, 0.1) is 16.2 Å². The van der Waals surface area contributed by atoms with Gasteiger partial charge in [-0.05, 0) is 84.7 Å². The van der Waals surface area contributed by atoms with Gasteiger partial charge in [-0.15, -0.1) is 0 Å². The zero-order valence-electron chi connectivity index (χ0n) is 21.8. The third kappa shape index (κ3) is 5.85. The summed E-state index contributed by atoms with van der Waals surface area (Å²) in [5.41, 5.74) is 9.27. The summed E-state index contributed by atoms with van der Waals surface area (Å²) in [4.78, 5) is 9.24. The van der Waals surface area contributed by atoms with Crippen LogP contribution in [0.25, 0.3) is 22.0 Å². The number of aromatic nitrogens is 2. The molecule has 1 heterocycles. The van der Waals surface area contributed by atoms with Crippen LogP contribution in [0.1, 0.15) is 38.7 Å². The van der Waals surface area contributed by atoms with E-state index in [1.54, 1.807) is 24.4 Å². The molecule has 5 rings (SSSR count). The number of halogens is 2. The molecule has 0 aliphatic heterocycles. The number of benzene rings is 3. The maximum absolute atomic E-state index is 15.1. The van der Waals surface area contributed by atoms with Crippen molar-refractivity contribution < 1.29 is 12.8 Å². The van der Waals surface area contributed by atoms with Crippen LogP contribution in [0.5, 0.6) is 0 Å². The number of rotatable bonds is 7. The molecule has 1 fully saturated rings. The number of anilines is 2. The molecule has 39 heavy (non-hydrogen) atoms. The van der Waals surface area contributed by atoms with E-state index in [0.717, 1.165) is 47.7 Å². The number of fused-ring (bicyclic) bond motifs is 1. The summed E-state index contributed by atoms with van der Waals surface area (Å²) in [5, 5.41) is 4.38. The molecule has 0 unspecified atom stereocenters. The first-order chi connectivity index (χ1) is 18.6. The normalized spacial score (nSPS) is 19.7. The maximum Gasteiger partial charge on any atom is 0.263 e. The molecule has 7 nitrogen and oxygen atoms in total. The second kappa shape index (κ2) is 11.1. The highest BCUT2D eigenvalue weighted by atomic mass is 35.5. The standard InChI is InChI=1S/C29H31ClFN5O2S/c1-3-18-13-20(14-21-16-33-29(35-28(18)21)34-22-9-10-25(32)17(2)12-22)19-8-11-26(24(31)15-19)36-39(37,38)27-7-5-4-6-23(27)30/h4-8,11,13-17,22,25,36H,3,9-10,12,32H2,1-2H3,(H,33,34,35)/t17-,22+,25+/m1/s1. The summed E-state index contributed by atoms with van der Waals surface area (Å²) in [7, 11) is -4.05. The van der Waals surface area contributed by atoms with Crippen LogP contribution < -0.4 is 15.8 Å². The van der Waals surface area contributed by atoms with Gasteiger partial charge in [0.25, 0.3) is 10.0 Å². The van der Waals surface area contributed by atoms with Crippen molar-refractivity contribution in [1.29, 1.82) is 0 Å². The molecule has 3 aromatic carbocycles. The van der Waals surface area contributed by atoms with Gasteiger partial charge >= 0.3 is 0 Å². The van der Waals surface area contributed by atoms with E-state index < -0.39 is 15.8 Å². The fourth-order valence-corrected chi connectivity index (χ4v) is 6.69. The van der Waals surface area contributed by atoms with E-state index in [4.69, 9.17) is 22.3 Å². The van der Waals surface area contributed by atoms with Crippen molar-refractivity contribution in [3.05, 3.63) is 77.2 Å². The molecule has 1 aromatic heterocycles. The van der Waals surface area contributed by atoms with Crippen LogP contribution in [0.4, 0.5) is 16.0 Å². The molecule has 4 aromatic rings. The molecule has 0 amide bonds. The van der Waals surface area contributed by atoms with Crippen molar-refractivity contribution >= 4 is 44.2 Å². The first-order valence-corrected chi connectivity index (χ1v) is 14.9. The van der Waals surface area contributed by atoms with Crippen LogP contribution in [0.2, 0.25) is 5.02 Å². The van der Waals surface area contributed by atoms with E-state index in [2.05, 4.69) is 21.9 Å². The molecule has 4 N–H and O–H groups in total. The molecule has 10 heteroatoms. The van der Waals surface area contributed by atoms with Crippen LogP contribution in [0, 0.1) is 11.7 Å². The van der Waals surface area contributed by atoms with E-state index in [9.17, 15) is 8.42 Å². The van der Waals surface area contributed by atoms with Gasteiger partial charge in [0.1, 0.15) is 10.7 Å². The van der Waals surface area contributed by atoms with Crippen molar-refractivity contribution in [2.75, 3.05) is 10.0 Å². The fraction of sp³-hybridized carbons (Fsp3) is 0.310.